The molecule has 0 aromatic heterocycles. The molecule has 0 aliphatic heterocycles. The molecule has 0 fully saturated rings. The Morgan fingerprint density at radius 1 is 0.613 bits per heavy atom. The van der Waals surface area contributed by atoms with E-state index in [4.69, 9.17) is 0 Å². The van der Waals surface area contributed by atoms with E-state index in [1.54, 1.807) is 12.1 Å². The summed E-state index contributed by atoms with van der Waals surface area (Å²) in [5.41, 5.74) is 4.75. The zero-order chi connectivity index (χ0) is 23.2. The summed E-state index contributed by atoms with van der Waals surface area (Å²) in [4.78, 5) is 0. The van der Waals surface area contributed by atoms with Crippen LogP contribution in [0.2, 0.25) is 0 Å². The van der Waals surface area contributed by atoms with Crippen molar-refractivity contribution in [3.05, 3.63) is 58.7 Å². The molecule has 2 N–H and O–H groups in total. The Labute approximate surface area is 211 Å². The van der Waals surface area contributed by atoms with Crippen molar-refractivity contribution in [1.29, 1.82) is 0 Å². The molecule has 0 saturated carbocycles. The van der Waals surface area contributed by atoms with Gasteiger partial charge in [-0.3, -0.25) is 0 Å². The Kier molecular flexibility index (Phi) is 15.5. The van der Waals surface area contributed by atoms with Crippen LogP contribution in [0.4, 0.5) is 0 Å². The average molecular weight is 507 g/mol. The minimum absolute atomic E-state index is 0. The van der Waals surface area contributed by atoms with Crippen molar-refractivity contribution in [1.82, 2.24) is 0 Å². The number of hydrogen-bond donors (Lipinski definition) is 2. The van der Waals surface area contributed by atoms with Crippen molar-refractivity contribution in [2.45, 2.75) is 92.1 Å². The maximum atomic E-state index is 9.31. The molecular weight excluding hydrogens is 463 g/mol. The first-order valence-corrected chi connectivity index (χ1v) is 10.8. The van der Waals surface area contributed by atoms with E-state index in [1.807, 2.05) is 38.1 Å². The maximum Gasteiger partial charge on any atom is 0.118 e. The van der Waals surface area contributed by atoms with Gasteiger partial charge in [0.05, 0.1) is 0 Å². The van der Waals surface area contributed by atoms with E-state index < -0.39 is 0 Å². The molecule has 1 unspecified atom stereocenters. The summed E-state index contributed by atoms with van der Waals surface area (Å²) in [5, 5.41) is 19.0. The minimum atomic E-state index is 0. The summed E-state index contributed by atoms with van der Waals surface area (Å²) in [5.74, 6) is 0.756. The van der Waals surface area contributed by atoms with Gasteiger partial charge in [0, 0.05) is 17.4 Å². The smallest absolute Gasteiger partial charge is 0.118 e. The summed E-state index contributed by atoms with van der Waals surface area (Å²) < 4.78 is 0. The summed E-state index contributed by atoms with van der Waals surface area (Å²) in [7, 11) is 2.72. The number of benzene rings is 2. The van der Waals surface area contributed by atoms with Crippen LogP contribution in [0.15, 0.2) is 36.4 Å². The van der Waals surface area contributed by atoms with E-state index >= 15 is 0 Å². The van der Waals surface area contributed by atoms with Crippen LogP contribution in [0, 0.1) is 13.8 Å². The molecular formula is C26H44ClCrO2P. The molecule has 0 aliphatic rings. The summed E-state index contributed by atoms with van der Waals surface area (Å²) in [6.45, 7) is 23.3. The first-order valence-electron chi connectivity index (χ1n) is 10.2. The second-order valence-electron chi connectivity index (χ2n) is 10.9. The van der Waals surface area contributed by atoms with Crippen molar-refractivity contribution in [2.75, 3.05) is 0 Å². The Balaban J connectivity index is -0.000000397. The van der Waals surface area contributed by atoms with E-state index in [0.29, 0.717) is 16.7 Å². The van der Waals surface area contributed by atoms with Crippen LogP contribution in [-0.2, 0) is 28.2 Å². The molecule has 178 valence electrons. The molecule has 31 heavy (non-hydrogen) atoms. The number of aromatic hydroxyl groups is 2. The summed E-state index contributed by atoms with van der Waals surface area (Å²) in [6, 6.07) is 11.5. The standard InChI is InChI=1S/2C11H16O.C4H11P.ClH.Cr/c2*1-8-7-9(11(2,3)4)5-6-10(8)12;1-4(2,3)5;;/h2*5-7,12H,1-4H3;5H2,1-3H3;1H;. The molecule has 0 amide bonds. The van der Waals surface area contributed by atoms with Crippen LogP contribution >= 0.6 is 21.6 Å². The van der Waals surface area contributed by atoms with E-state index in [2.05, 4.69) is 71.6 Å². The van der Waals surface area contributed by atoms with Crippen LogP contribution in [0.1, 0.15) is 84.6 Å². The van der Waals surface area contributed by atoms with E-state index in [-0.39, 0.29) is 40.6 Å². The van der Waals surface area contributed by atoms with Gasteiger partial charge in [-0.1, -0.05) is 86.6 Å². The van der Waals surface area contributed by atoms with Gasteiger partial charge in [0.2, 0.25) is 0 Å². The molecule has 0 aliphatic carbocycles. The predicted octanol–water partition coefficient (Wildman–Crippen LogP) is 8.08. The molecule has 2 aromatic rings. The third kappa shape index (κ3) is 15.7. The number of aryl methyl sites for hydroxylation is 2. The minimum Gasteiger partial charge on any atom is -0.508 e. The number of phenols is 2. The Bertz CT molecular complexity index is 718. The van der Waals surface area contributed by atoms with Gasteiger partial charge in [-0.25, -0.2) is 0 Å². The Morgan fingerprint density at radius 2 is 0.839 bits per heavy atom. The molecule has 2 aromatic carbocycles. The fraction of sp³-hybridized carbons (Fsp3) is 0.538. The van der Waals surface area contributed by atoms with Gasteiger partial charge >= 0.3 is 0 Å². The topological polar surface area (TPSA) is 40.5 Å². The molecule has 0 saturated heterocycles. The zero-order valence-corrected chi connectivity index (χ0v) is 24.5. The van der Waals surface area contributed by atoms with Crippen LogP contribution in [0.3, 0.4) is 0 Å². The van der Waals surface area contributed by atoms with Gasteiger partial charge in [-0.05, 0) is 64.2 Å². The van der Waals surface area contributed by atoms with Crippen molar-refractivity contribution in [3.63, 3.8) is 0 Å². The Morgan fingerprint density at radius 3 is 1.00 bits per heavy atom. The van der Waals surface area contributed by atoms with Gasteiger partial charge in [0.1, 0.15) is 11.5 Å². The first-order chi connectivity index (χ1) is 12.8. The number of hydrogen-bond acceptors (Lipinski definition) is 2. The summed E-state index contributed by atoms with van der Waals surface area (Å²) >= 11 is 0. The largest absolute Gasteiger partial charge is 0.508 e. The second kappa shape index (κ2) is 13.8. The van der Waals surface area contributed by atoms with Crippen LogP contribution < -0.4 is 0 Å². The van der Waals surface area contributed by atoms with E-state index in [9.17, 15) is 10.2 Å². The predicted molar refractivity (Wildman–Crippen MR) is 140 cm³/mol. The third-order valence-corrected chi connectivity index (χ3v) is 4.13. The average Bonchev–Trinajstić information content (AvgIpc) is 2.49. The second-order valence-corrected chi connectivity index (χ2v) is 12.6. The van der Waals surface area contributed by atoms with E-state index in [0.717, 1.165) is 11.1 Å². The van der Waals surface area contributed by atoms with Gasteiger partial charge in [-0.15, -0.1) is 21.6 Å². The van der Waals surface area contributed by atoms with Gasteiger partial charge in [0.15, 0.2) is 0 Å². The first kappa shape index (κ1) is 34.9. The molecule has 5 heteroatoms. The molecule has 2 rings (SSSR count). The van der Waals surface area contributed by atoms with Gasteiger partial charge in [0.25, 0.3) is 0 Å². The van der Waals surface area contributed by atoms with Crippen LogP contribution in [-0.4, -0.2) is 15.4 Å². The third-order valence-electron chi connectivity index (χ3n) is 4.13. The molecule has 0 spiro atoms. The maximum absolute atomic E-state index is 9.31. The summed E-state index contributed by atoms with van der Waals surface area (Å²) in [6.07, 6.45) is 0. The fourth-order valence-electron chi connectivity index (χ4n) is 2.24. The van der Waals surface area contributed by atoms with Crippen molar-refractivity contribution >= 4 is 21.6 Å². The number of rotatable bonds is 0. The van der Waals surface area contributed by atoms with Crippen LogP contribution in [0.25, 0.3) is 0 Å². The molecule has 0 radical (unpaired) electrons. The van der Waals surface area contributed by atoms with Gasteiger partial charge < -0.3 is 10.2 Å². The molecule has 1 atom stereocenters. The van der Waals surface area contributed by atoms with Gasteiger partial charge in [-0.2, -0.15) is 0 Å². The van der Waals surface area contributed by atoms with E-state index in [1.165, 1.54) is 11.1 Å². The molecule has 0 bridgehead atoms. The monoisotopic (exact) mass is 506 g/mol. The van der Waals surface area contributed by atoms with Crippen molar-refractivity contribution in [2.24, 2.45) is 0 Å². The normalized spacial score (nSPS) is 11.0. The quantitative estimate of drug-likeness (QED) is 0.354. The van der Waals surface area contributed by atoms with Crippen LogP contribution in [0.5, 0.6) is 11.5 Å². The fourth-order valence-corrected chi connectivity index (χ4v) is 2.24. The molecule has 0 heterocycles. The Hall–Kier alpha value is -0.708. The van der Waals surface area contributed by atoms with Crippen molar-refractivity contribution in [3.8, 4) is 11.5 Å². The van der Waals surface area contributed by atoms with Crippen molar-refractivity contribution < 1.29 is 27.6 Å². The SMILES string of the molecule is CC(C)(C)P.Cc1cc(C(C)(C)C)ccc1O.Cc1cc(C(C)(C)C)ccc1O.Cl.[Cr]. The number of halogens is 1. The number of phenolic OH excluding ortho intramolecular Hbond substituents is 2. The zero-order valence-electron chi connectivity index (χ0n) is 21.3. The molecule has 2 nitrogen and oxygen atoms in total.